The van der Waals surface area contributed by atoms with Crippen molar-refractivity contribution in [3.05, 3.63) is 20.2 Å². The molecule has 1 heterocycles. The van der Waals surface area contributed by atoms with Crippen LogP contribution in [0, 0.1) is 19.8 Å². The molecule has 1 aromatic rings. The summed E-state index contributed by atoms with van der Waals surface area (Å²) in [5.41, 5.74) is 6.39. The summed E-state index contributed by atoms with van der Waals surface area (Å²) in [7, 11) is 0. The molecule has 1 aliphatic rings. The number of rotatable bonds is 5. The Morgan fingerprint density at radius 1 is 1.26 bits per heavy atom. The average molecular weight is 339 g/mol. The first-order chi connectivity index (χ1) is 10.9. The summed E-state index contributed by atoms with van der Waals surface area (Å²) in [6.07, 6.45) is 4.80. The maximum atomic E-state index is 12.2. The standard InChI is InChI=1S/C16H25N3O3S/c1-10-11(2)23-16(22)19(10)9-8-14(20)18-13-7-5-3-4-6-12(13)15(17)21/h12-13H,3-9H2,1-2H3,(H2,17,21)(H,18,20)/t12-,13-/m1/s1. The van der Waals surface area contributed by atoms with Crippen molar-refractivity contribution in [2.24, 2.45) is 11.7 Å². The Kier molecular flexibility index (Phi) is 5.98. The van der Waals surface area contributed by atoms with E-state index >= 15 is 0 Å². The number of hydrogen-bond acceptors (Lipinski definition) is 4. The highest BCUT2D eigenvalue weighted by atomic mass is 32.1. The van der Waals surface area contributed by atoms with Crippen LogP contribution in [0.15, 0.2) is 4.79 Å². The van der Waals surface area contributed by atoms with Crippen LogP contribution in [0.3, 0.4) is 0 Å². The number of carbonyl (C=O) groups is 2. The lowest BCUT2D eigenvalue weighted by atomic mass is 9.94. The van der Waals surface area contributed by atoms with Gasteiger partial charge in [-0.25, -0.2) is 0 Å². The molecule has 1 aliphatic carbocycles. The molecule has 3 N–H and O–H groups in total. The van der Waals surface area contributed by atoms with E-state index in [9.17, 15) is 14.4 Å². The van der Waals surface area contributed by atoms with Crippen molar-refractivity contribution < 1.29 is 9.59 Å². The minimum Gasteiger partial charge on any atom is -0.369 e. The first-order valence-corrected chi connectivity index (χ1v) is 8.97. The van der Waals surface area contributed by atoms with Gasteiger partial charge in [-0.1, -0.05) is 30.6 Å². The molecule has 1 fully saturated rings. The maximum Gasteiger partial charge on any atom is 0.307 e. The Balaban J connectivity index is 1.95. The lowest BCUT2D eigenvalue weighted by Gasteiger charge is -2.23. The van der Waals surface area contributed by atoms with Gasteiger partial charge in [0.1, 0.15) is 0 Å². The molecule has 0 spiro atoms. The summed E-state index contributed by atoms with van der Waals surface area (Å²) in [6.45, 7) is 4.16. The third-order valence-corrected chi connectivity index (χ3v) is 5.66. The van der Waals surface area contributed by atoms with Crippen molar-refractivity contribution in [1.29, 1.82) is 0 Å². The van der Waals surface area contributed by atoms with Gasteiger partial charge in [-0.05, 0) is 26.7 Å². The molecule has 2 amide bonds. The van der Waals surface area contributed by atoms with E-state index in [1.165, 1.54) is 11.3 Å². The number of primary amides is 1. The van der Waals surface area contributed by atoms with Gasteiger partial charge in [0.2, 0.25) is 11.8 Å². The highest BCUT2D eigenvalue weighted by Gasteiger charge is 2.29. The van der Waals surface area contributed by atoms with Crippen LogP contribution in [0.5, 0.6) is 0 Å². The fourth-order valence-corrected chi connectivity index (χ4v) is 4.02. The molecule has 1 saturated carbocycles. The third-order valence-electron chi connectivity index (χ3n) is 4.67. The predicted octanol–water partition coefficient (Wildman–Crippen LogP) is 1.47. The van der Waals surface area contributed by atoms with E-state index in [2.05, 4.69) is 5.32 Å². The molecule has 7 heteroatoms. The van der Waals surface area contributed by atoms with Gasteiger partial charge in [0.25, 0.3) is 0 Å². The monoisotopic (exact) mass is 339 g/mol. The first kappa shape index (κ1) is 17.7. The average Bonchev–Trinajstić information content (AvgIpc) is 2.67. The zero-order valence-corrected chi connectivity index (χ0v) is 14.6. The smallest absolute Gasteiger partial charge is 0.307 e. The Bertz CT molecular complexity index is 635. The number of aryl methyl sites for hydroxylation is 1. The molecule has 2 atom stereocenters. The second-order valence-corrected chi connectivity index (χ2v) is 7.40. The summed E-state index contributed by atoms with van der Waals surface area (Å²) in [6, 6.07) is -0.176. The van der Waals surface area contributed by atoms with Crippen LogP contribution in [0.25, 0.3) is 0 Å². The molecule has 0 aliphatic heterocycles. The van der Waals surface area contributed by atoms with Gasteiger partial charge in [-0.3, -0.25) is 14.4 Å². The van der Waals surface area contributed by atoms with E-state index in [1.807, 2.05) is 13.8 Å². The molecule has 0 aromatic carbocycles. The van der Waals surface area contributed by atoms with Crippen LogP contribution in [-0.4, -0.2) is 22.4 Å². The summed E-state index contributed by atoms with van der Waals surface area (Å²) < 4.78 is 1.64. The fourth-order valence-electron chi connectivity index (χ4n) is 3.16. The van der Waals surface area contributed by atoms with Gasteiger partial charge in [-0.2, -0.15) is 0 Å². The van der Waals surface area contributed by atoms with Crippen LogP contribution in [-0.2, 0) is 16.1 Å². The Labute approximate surface area is 140 Å². The van der Waals surface area contributed by atoms with Crippen LogP contribution < -0.4 is 15.9 Å². The van der Waals surface area contributed by atoms with Gasteiger partial charge in [0.05, 0.1) is 5.92 Å². The number of thiazole rings is 1. The van der Waals surface area contributed by atoms with E-state index < -0.39 is 0 Å². The summed E-state index contributed by atoms with van der Waals surface area (Å²) >= 11 is 1.20. The van der Waals surface area contributed by atoms with Crippen molar-refractivity contribution in [1.82, 2.24) is 9.88 Å². The molecule has 0 unspecified atom stereocenters. The molecule has 0 saturated heterocycles. The molecule has 6 nitrogen and oxygen atoms in total. The van der Waals surface area contributed by atoms with Gasteiger partial charge in [-0.15, -0.1) is 0 Å². The van der Waals surface area contributed by atoms with Crippen LogP contribution in [0.1, 0.15) is 49.1 Å². The Morgan fingerprint density at radius 3 is 2.57 bits per heavy atom. The van der Waals surface area contributed by atoms with E-state index in [1.54, 1.807) is 4.57 Å². The highest BCUT2D eigenvalue weighted by molar-refractivity contribution is 7.09. The van der Waals surface area contributed by atoms with E-state index in [-0.39, 0.29) is 35.1 Å². The number of carbonyl (C=O) groups excluding carboxylic acids is 2. The minimum absolute atomic E-state index is 0.0303. The Morgan fingerprint density at radius 2 is 1.96 bits per heavy atom. The molecule has 128 valence electrons. The summed E-state index contributed by atoms with van der Waals surface area (Å²) in [5.74, 6) is -0.745. The lowest BCUT2D eigenvalue weighted by Crippen LogP contribution is -2.45. The largest absolute Gasteiger partial charge is 0.369 e. The molecular weight excluding hydrogens is 314 g/mol. The minimum atomic E-state index is -0.335. The zero-order chi connectivity index (χ0) is 17.0. The van der Waals surface area contributed by atoms with Gasteiger partial charge in [0, 0.05) is 29.6 Å². The van der Waals surface area contributed by atoms with Gasteiger partial charge < -0.3 is 15.6 Å². The van der Waals surface area contributed by atoms with Gasteiger partial charge in [0.15, 0.2) is 0 Å². The molecule has 1 aromatic heterocycles. The van der Waals surface area contributed by atoms with Crippen molar-refractivity contribution in [3.63, 3.8) is 0 Å². The SMILES string of the molecule is Cc1sc(=O)n(CCC(=O)N[C@@H]2CCCCC[C@H]2C(N)=O)c1C. The topological polar surface area (TPSA) is 94.2 Å². The summed E-state index contributed by atoms with van der Waals surface area (Å²) in [5, 5.41) is 2.95. The Hall–Kier alpha value is -1.63. The van der Waals surface area contributed by atoms with Crippen LogP contribution >= 0.6 is 11.3 Å². The third kappa shape index (κ3) is 4.43. The van der Waals surface area contributed by atoms with Crippen molar-refractivity contribution >= 4 is 23.2 Å². The van der Waals surface area contributed by atoms with Crippen molar-refractivity contribution in [3.8, 4) is 0 Å². The maximum absolute atomic E-state index is 12.2. The number of nitrogens with one attached hydrogen (secondary N) is 1. The van der Waals surface area contributed by atoms with E-state index in [0.29, 0.717) is 6.54 Å². The van der Waals surface area contributed by atoms with E-state index in [0.717, 1.165) is 42.7 Å². The van der Waals surface area contributed by atoms with Crippen molar-refractivity contribution in [2.45, 2.75) is 65.0 Å². The molecule has 2 rings (SSSR count). The quantitative estimate of drug-likeness (QED) is 0.795. The number of nitrogens with zero attached hydrogens (tertiary/aromatic N) is 1. The molecule has 0 radical (unpaired) electrons. The fraction of sp³-hybridized carbons (Fsp3) is 0.688. The molecule has 23 heavy (non-hydrogen) atoms. The van der Waals surface area contributed by atoms with Crippen LogP contribution in [0.2, 0.25) is 0 Å². The number of nitrogens with two attached hydrogens (primary N) is 1. The normalized spacial score (nSPS) is 21.7. The lowest BCUT2D eigenvalue weighted by molar-refractivity contribution is -0.125. The number of hydrogen-bond donors (Lipinski definition) is 2. The van der Waals surface area contributed by atoms with Crippen molar-refractivity contribution in [2.75, 3.05) is 0 Å². The van der Waals surface area contributed by atoms with Gasteiger partial charge >= 0.3 is 4.87 Å². The van der Waals surface area contributed by atoms with E-state index in [4.69, 9.17) is 5.73 Å². The zero-order valence-electron chi connectivity index (χ0n) is 13.8. The second kappa shape index (κ2) is 7.77. The predicted molar refractivity (Wildman–Crippen MR) is 90.4 cm³/mol. The summed E-state index contributed by atoms with van der Waals surface area (Å²) in [4.78, 5) is 36.6. The molecular formula is C16H25N3O3S. The second-order valence-electron chi connectivity index (χ2n) is 6.23. The molecule has 0 bridgehead atoms. The van der Waals surface area contributed by atoms with Crippen LogP contribution in [0.4, 0.5) is 0 Å². The number of amides is 2. The first-order valence-electron chi connectivity index (χ1n) is 8.15. The number of aromatic nitrogens is 1. The highest BCUT2D eigenvalue weighted by Crippen LogP contribution is 2.23.